The van der Waals surface area contributed by atoms with E-state index in [-0.39, 0.29) is 16.8 Å². The highest BCUT2D eigenvalue weighted by Gasteiger charge is 2.37. The molecule has 1 amide bonds. The van der Waals surface area contributed by atoms with Crippen molar-refractivity contribution in [3.8, 4) is 11.3 Å². The Morgan fingerprint density at radius 2 is 1.97 bits per heavy atom. The first-order chi connectivity index (χ1) is 15.7. The predicted molar refractivity (Wildman–Crippen MR) is 124 cm³/mol. The number of piperidine rings is 1. The zero-order valence-corrected chi connectivity index (χ0v) is 20.5. The summed E-state index contributed by atoms with van der Waals surface area (Å²) in [6.45, 7) is 2.73. The number of hydrogen-bond acceptors (Lipinski definition) is 6. The number of carbonyl (C=O) groups is 1. The number of thiazole rings is 2. The average molecular weight is 556 g/mol. The number of halogens is 4. The molecule has 4 aromatic rings. The fourth-order valence-corrected chi connectivity index (χ4v) is 6.32. The molecule has 3 aromatic heterocycles. The van der Waals surface area contributed by atoms with Crippen LogP contribution in [0, 0.1) is 6.92 Å². The standard InChI is InChI=1S/C21H17BrF3N5OS2/c1-11-16(33-20-27-19(21(23,24)25)28-30(11)20)18(31)29-7-5-12(6-8-29)17-26-15(10-32-17)13-3-2-4-14(22)9-13/h2-4,9-10,12H,5-8H2,1H3. The Morgan fingerprint density at radius 3 is 2.64 bits per heavy atom. The van der Waals surface area contributed by atoms with Crippen LogP contribution >= 0.6 is 38.6 Å². The van der Waals surface area contributed by atoms with Gasteiger partial charge in [-0.05, 0) is 31.9 Å². The van der Waals surface area contributed by atoms with Crippen LogP contribution in [-0.2, 0) is 6.18 Å². The molecular weight excluding hydrogens is 539 g/mol. The Morgan fingerprint density at radius 1 is 1.21 bits per heavy atom. The summed E-state index contributed by atoms with van der Waals surface area (Å²) >= 11 is 6.07. The maximum absolute atomic E-state index is 13.1. The van der Waals surface area contributed by atoms with Gasteiger partial charge in [0.15, 0.2) is 0 Å². The summed E-state index contributed by atoms with van der Waals surface area (Å²) in [5, 5.41) is 6.65. The maximum Gasteiger partial charge on any atom is 0.453 e. The number of alkyl halides is 3. The average Bonchev–Trinajstić information content (AvgIpc) is 3.50. The fraction of sp³-hybridized carbons (Fsp3) is 0.333. The maximum atomic E-state index is 13.1. The Balaban J connectivity index is 1.27. The first-order valence-corrected chi connectivity index (χ1v) is 12.6. The molecule has 1 aliphatic heterocycles. The molecule has 0 unspecified atom stereocenters. The van der Waals surface area contributed by atoms with Gasteiger partial charge in [0, 0.05) is 34.4 Å². The lowest BCUT2D eigenvalue weighted by Crippen LogP contribution is -2.37. The van der Waals surface area contributed by atoms with Crippen molar-refractivity contribution in [3.05, 3.63) is 55.5 Å². The number of nitrogens with zero attached hydrogens (tertiary/aromatic N) is 5. The topological polar surface area (TPSA) is 63.4 Å². The van der Waals surface area contributed by atoms with Crippen LogP contribution in [0.15, 0.2) is 34.1 Å². The predicted octanol–water partition coefficient (Wildman–Crippen LogP) is 6.02. The van der Waals surface area contributed by atoms with E-state index in [0.29, 0.717) is 23.7 Å². The van der Waals surface area contributed by atoms with Crippen LogP contribution < -0.4 is 0 Å². The van der Waals surface area contributed by atoms with E-state index >= 15 is 0 Å². The van der Waals surface area contributed by atoms with Crippen molar-refractivity contribution < 1.29 is 18.0 Å². The normalized spacial score (nSPS) is 15.5. The lowest BCUT2D eigenvalue weighted by molar-refractivity contribution is -0.144. The van der Waals surface area contributed by atoms with E-state index in [2.05, 4.69) is 31.4 Å². The van der Waals surface area contributed by atoms with Crippen molar-refractivity contribution in [2.45, 2.75) is 31.9 Å². The second kappa shape index (κ2) is 8.48. The van der Waals surface area contributed by atoms with E-state index in [0.717, 1.165) is 49.4 Å². The lowest BCUT2D eigenvalue weighted by atomic mass is 9.97. The molecule has 1 fully saturated rings. The third-order valence-electron chi connectivity index (χ3n) is 5.64. The lowest BCUT2D eigenvalue weighted by Gasteiger charge is -2.30. The zero-order valence-electron chi connectivity index (χ0n) is 17.3. The van der Waals surface area contributed by atoms with Crippen molar-refractivity contribution in [3.63, 3.8) is 0 Å². The molecule has 0 saturated carbocycles. The molecule has 0 N–H and O–H groups in total. The van der Waals surface area contributed by atoms with E-state index < -0.39 is 12.0 Å². The fourth-order valence-electron chi connectivity index (χ4n) is 3.89. The third kappa shape index (κ3) is 4.31. The molecule has 0 aliphatic carbocycles. The van der Waals surface area contributed by atoms with Gasteiger partial charge in [-0.25, -0.2) is 9.50 Å². The Labute approximate surface area is 203 Å². The molecule has 12 heteroatoms. The van der Waals surface area contributed by atoms with Gasteiger partial charge in [0.05, 0.1) is 16.4 Å². The number of likely N-dealkylation sites (tertiary alicyclic amines) is 1. The zero-order chi connectivity index (χ0) is 23.3. The SMILES string of the molecule is Cc1c(C(=O)N2CCC(c3nc(-c4cccc(Br)c4)cs3)CC2)sc2nc(C(F)(F)F)nn12. The van der Waals surface area contributed by atoms with Crippen molar-refractivity contribution in [2.24, 2.45) is 0 Å². The van der Waals surface area contributed by atoms with Gasteiger partial charge in [-0.3, -0.25) is 4.79 Å². The van der Waals surface area contributed by atoms with Crippen LogP contribution in [0.2, 0.25) is 0 Å². The second-order valence-electron chi connectivity index (χ2n) is 7.79. The van der Waals surface area contributed by atoms with Crippen LogP contribution in [0.1, 0.15) is 45.0 Å². The van der Waals surface area contributed by atoms with Crippen LogP contribution in [-0.4, -0.2) is 43.5 Å². The van der Waals surface area contributed by atoms with Gasteiger partial charge < -0.3 is 4.90 Å². The van der Waals surface area contributed by atoms with Gasteiger partial charge in [0.2, 0.25) is 4.96 Å². The molecular formula is C21H17BrF3N5OS2. The molecule has 1 aromatic carbocycles. The summed E-state index contributed by atoms with van der Waals surface area (Å²) in [7, 11) is 0. The minimum Gasteiger partial charge on any atom is -0.338 e. The van der Waals surface area contributed by atoms with E-state index in [9.17, 15) is 18.0 Å². The highest BCUT2D eigenvalue weighted by atomic mass is 79.9. The summed E-state index contributed by atoms with van der Waals surface area (Å²) in [5.41, 5.74) is 2.38. The highest BCUT2D eigenvalue weighted by Crippen LogP contribution is 2.35. The number of hydrogen-bond donors (Lipinski definition) is 0. The molecule has 0 atom stereocenters. The summed E-state index contributed by atoms with van der Waals surface area (Å²) in [6, 6.07) is 8.01. The number of amides is 1. The van der Waals surface area contributed by atoms with Crippen LogP contribution in [0.5, 0.6) is 0 Å². The second-order valence-corrected chi connectivity index (χ2v) is 10.6. The summed E-state index contributed by atoms with van der Waals surface area (Å²) in [6.07, 6.45) is -3.04. The van der Waals surface area contributed by atoms with Crippen molar-refractivity contribution >= 4 is 49.5 Å². The molecule has 0 radical (unpaired) electrons. The molecule has 6 nitrogen and oxygen atoms in total. The molecule has 5 rings (SSSR count). The highest BCUT2D eigenvalue weighted by molar-refractivity contribution is 9.10. The third-order valence-corrected chi connectivity index (χ3v) is 8.26. The van der Waals surface area contributed by atoms with E-state index in [4.69, 9.17) is 4.98 Å². The van der Waals surface area contributed by atoms with Gasteiger partial charge in [0.25, 0.3) is 11.7 Å². The van der Waals surface area contributed by atoms with Gasteiger partial charge in [-0.2, -0.15) is 18.2 Å². The quantitative estimate of drug-likeness (QED) is 0.310. The van der Waals surface area contributed by atoms with E-state index in [1.165, 1.54) is 0 Å². The number of aryl methyl sites for hydroxylation is 1. The molecule has 172 valence electrons. The van der Waals surface area contributed by atoms with Gasteiger partial charge >= 0.3 is 6.18 Å². The smallest absolute Gasteiger partial charge is 0.338 e. The van der Waals surface area contributed by atoms with Crippen LogP contribution in [0.4, 0.5) is 13.2 Å². The minimum atomic E-state index is -4.61. The summed E-state index contributed by atoms with van der Waals surface area (Å²) in [5.74, 6) is -1.11. The van der Waals surface area contributed by atoms with Gasteiger partial charge in [-0.15, -0.1) is 16.4 Å². The first kappa shape index (κ1) is 22.5. The molecule has 1 saturated heterocycles. The molecule has 0 spiro atoms. The number of benzene rings is 1. The summed E-state index contributed by atoms with van der Waals surface area (Å²) < 4.78 is 40.7. The molecule has 33 heavy (non-hydrogen) atoms. The number of fused-ring (bicyclic) bond motifs is 1. The molecule has 4 heterocycles. The van der Waals surface area contributed by atoms with Gasteiger partial charge in [0.1, 0.15) is 4.88 Å². The summed E-state index contributed by atoms with van der Waals surface area (Å²) in [4.78, 5) is 23.6. The number of rotatable bonds is 3. The molecule has 0 bridgehead atoms. The van der Waals surface area contributed by atoms with Crippen molar-refractivity contribution in [2.75, 3.05) is 13.1 Å². The van der Waals surface area contributed by atoms with E-state index in [1.807, 2.05) is 24.3 Å². The Hall–Kier alpha value is -2.31. The Bertz CT molecular complexity index is 1340. The monoisotopic (exact) mass is 555 g/mol. The molecule has 1 aliphatic rings. The van der Waals surface area contributed by atoms with Crippen LogP contribution in [0.25, 0.3) is 16.2 Å². The number of carbonyl (C=O) groups excluding carboxylic acids is 1. The van der Waals surface area contributed by atoms with E-state index in [1.54, 1.807) is 23.2 Å². The van der Waals surface area contributed by atoms with Gasteiger partial charge in [-0.1, -0.05) is 39.4 Å². The van der Waals surface area contributed by atoms with Crippen LogP contribution in [0.3, 0.4) is 0 Å². The van der Waals surface area contributed by atoms with Crippen molar-refractivity contribution in [1.82, 2.24) is 24.5 Å². The minimum absolute atomic E-state index is 0.0703. The Kier molecular flexibility index (Phi) is 5.78. The first-order valence-electron chi connectivity index (χ1n) is 10.1. The van der Waals surface area contributed by atoms with Crippen molar-refractivity contribution in [1.29, 1.82) is 0 Å². The largest absolute Gasteiger partial charge is 0.453 e. The number of aromatic nitrogens is 4.